The Hall–Kier alpha value is -2.57. The molecule has 0 saturated heterocycles. The van der Waals surface area contributed by atoms with Crippen LogP contribution in [0.4, 0.5) is 11.5 Å². The van der Waals surface area contributed by atoms with Gasteiger partial charge in [-0.2, -0.15) is 5.10 Å². The van der Waals surface area contributed by atoms with Crippen LogP contribution in [0.2, 0.25) is 0 Å². The molecular weight excluding hydrogens is 230 g/mol. The van der Waals surface area contributed by atoms with E-state index >= 15 is 0 Å². The molecule has 0 atom stereocenters. The summed E-state index contributed by atoms with van der Waals surface area (Å²) in [5.41, 5.74) is 7.85. The second kappa shape index (κ2) is 4.02. The van der Waals surface area contributed by atoms with Crippen LogP contribution < -0.4 is 11.1 Å². The minimum atomic E-state index is 0.544. The van der Waals surface area contributed by atoms with Crippen LogP contribution in [0.15, 0.2) is 24.5 Å². The Balaban J connectivity index is 1.93. The third-order valence-electron chi connectivity index (χ3n) is 2.62. The molecule has 0 aliphatic rings. The van der Waals surface area contributed by atoms with Gasteiger partial charge in [0.05, 0.1) is 23.9 Å². The third kappa shape index (κ3) is 1.86. The van der Waals surface area contributed by atoms with Gasteiger partial charge in [0.2, 0.25) is 0 Å². The number of aromatic amines is 1. The van der Waals surface area contributed by atoms with E-state index in [9.17, 15) is 0 Å². The first-order valence-corrected chi connectivity index (χ1v) is 5.56. The van der Waals surface area contributed by atoms with E-state index in [4.69, 9.17) is 5.73 Å². The summed E-state index contributed by atoms with van der Waals surface area (Å²) in [5.74, 6) is 1.60. The van der Waals surface area contributed by atoms with E-state index in [0.717, 1.165) is 17.2 Å². The Morgan fingerprint density at radius 1 is 1.39 bits per heavy atom. The number of hydrogen-bond donors (Lipinski definition) is 3. The number of imidazole rings is 1. The van der Waals surface area contributed by atoms with Gasteiger partial charge in [-0.3, -0.25) is 4.68 Å². The van der Waals surface area contributed by atoms with Crippen molar-refractivity contribution in [3.63, 3.8) is 0 Å². The predicted octanol–water partition coefficient (Wildman–Crippen LogP) is 0.827. The number of nitrogens with zero attached hydrogens (tertiary/aromatic N) is 4. The Kier molecular flexibility index (Phi) is 2.36. The molecule has 0 bridgehead atoms. The number of rotatable bonds is 3. The number of nitrogens with two attached hydrogens (primary N) is 1. The second-order valence-corrected chi connectivity index (χ2v) is 3.97. The zero-order chi connectivity index (χ0) is 12.5. The van der Waals surface area contributed by atoms with E-state index in [1.54, 1.807) is 17.1 Å². The van der Waals surface area contributed by atoms with E-state index in [1.165, 1.54) is 0 Å². The molecule has 18 heavy (non-hydrogen) atoms. The molecule has 0 radical (unpaired) electrons. The minimum Gasteiger partial charge on any atom is -0.396 e. The number of anilines is 2. The molecule has 0 aromatic carbocycles. The standard InChI is InChI=1S/C11H13N7/c1-13-9-3-2-8-11(16-9)17-10(15-8)6-18-5-7(12)4-14-18/h2-5H,6,12H2,1H3,(H2,13,15,16,17). The maximum Gasteiger partial charge on any atom is 0.179 e. The summed E-state index contributed by atoms with van der Waals surface area (Å²) in [4.78, 5) is 12.0. The molecule has 7 nitrogen and oxygen atoms in total. The molecular formula is C11H13N7. The second-order valence-electron chi connectivity index (χ2n) is 3.97. The molecule has 0 unspecified atom stereocenters. The van der Waals surface area contributed by atoms with E-state index in [1.807, 2.05) is 19.2 Å². The number of aromatic nitrogens is 5. The van der Waals surface area contributed by atoms with Crippen molar-refractivity contribution < 1.29 is 0 Å². The lowest BCUT2D eigenvalue weighted by atomic mass is 10.4. The van der Waals surface area contributed by atoms with Crippen molar-refractivity contribution in [3.05, 3.63) is 30.4 Å². The first-order chi connectivity index (χ1) is 8.74. The van der Waals surface area contributed by atoms with Crippen LogP contribution in [0.25, 0.3) is 11.2 Å². The molecule has 3 aromatic heterocycles. The van der Waals surface area contributed by atoms with Crippen LogP contribution >= 0.6 is 0 Å². The number of pyridine rings is 1. The van der Waals surface area contributed by atoms with Crippen LogP contribution in [-0.4, -0.2) is 31.8 Å². The van der Waals surface area contributed by atoms with E-state index in [-0.39, 0.29) is 0 Å². The Labute approximate surface area is 103 Å². The van der Waals surface area contributed by atoms with Gasteiger partial charge in [-0.1, -0.05) is 0 Å². The normalized spacial score (nSPS) is 10.9. The largest absolute Gasteiger partial charge is 0.396 e. The summed E-state index contributed by atoms with van der Waals surface area (Å²) in [5, 5.41) is 7.10. The molecule has 3 heterocycles. The average molecular weight is 243 g/mol. The summed E-state index contributed by atoms with van der Waals surface area (Å²) >= 11 is 0. The molecule has 0 aliphatic carbocycles. The summed E-state index contributed by atoms with van der Waals surface area (Å²) < 4.78 is 1.73. The highest BCUT2D eigenvalue weighted by molar-refractivity contribution is 5.72. The predicted molar refractivity (Wildman–Crippen MR) is 69.2 cm³/mol. The van der Waals surface area contributed by atoms with Gasteiger partial charge in [0.1, 0.15) is 11.6 Å². The molecule has 3 rings (SSSR count). The average Bonchev–Trinajstić information content (AvgIpc) is 2.94. The Bertz CT molecular complexity index is 682. The summed E-state index contributed by atoms with van der Waals surface area (Å²) in [6.45, 7) is 0.544. The Morgan fingerprint density at radius 2 is 2.28 bits per heavy atom. The van der Waals surface area contributed by atoms with E-state index < -0.39 is 0 Å². The van der Waals surface area contributed by atoms with Crippen molar-refractivity contribution in [2.75, 3.05) is 18.1 Å². The van der Waals surface area contributed by atoms with Crippen molar-refractivity contribution in [1.82, 2.24) is 24.7 Å². The zero-order valence-corrected chi connectivity index (χ0v) is 9.88. The van der Waals surface area contributed by atoms with Gasteiger partial charge in [-0.05, 0) is 12.1 Å². The fraction of sp³-hybridized carbons (Fsp3) is 0.182. The quantitative estimate of drug-likeness (QED) is 0.633. The van der Waals surface area contributed by atoms with Gasteiger partial charge in [-0.25, -0.2) is 9.97 Å². The van der Waals surface area contributed by atoms with Gasteiger partial charge >= 0.3 is 0 Å². The zero-order valence-electron chi connectivity index (χ0n) is 9.88. The first-order valence-electron chi connectivity index (χ1n) is 5.56. The van der Waals surface area contributed by atoms with Gasteiger partial charge in [0.25, 0.3) is 0 Å². The summed E-state index contributed by atoms with van der Waals surface area (Å²) in [6.07, 6.45) is 3.37. The maximum absolute atomic E-state index is 5.61. The first kappa shape index (κ1) is 10.6. The van der Waals surface area contributed by atoms with E-state index in [2.05, 4.69) is 25.4 Å². The fourth-order valence-electron chi connectivity index (χ4n) is 1.78. The maximum atomic E-state index is 5.61. The van der Waals surface area contributed by atoms with Crippen molar-refractivity contribution >= 4 is 22.7 Å². The fourth-order valence-corrected chi connectivity index (χ4v) is 1.78. The van der Waals surface area contributed by atoms with Crippen molar-refractivity contribution in [1.29, 1.82) is 0 Å². The van der Waals surface area contributed by atoms with Crippen LogP contribution in [0.5, 0.6) is 0 Å². The Morgan fingerprint density at radius 3 is 3.00 bits per heavy atom. The van der Waals surface area contributed by atoms with E-state index in [0.29, 0.717) is 17.9 Å². The minimum absolute atomic E-state index is 0.544. The highest BCUT2D eigenvalue weighted by Gasteiger charge is 2.06. The summed E-state index contributed by atoms with van der Waals surface area (Å²) in [6, 6.07) is 3.85. The lowest BCUT2D eigenvalue weighted by Crippen LogP contribution is -2.01. The van der Waals surface area contributed by atoms with Gasteiger partial charge < -0.3 is 16.0 Å². The summed E-state index contributed by atoms with van der Waals surface area (Å²) in [7, 11) is 1.83. The molecule has 7 heteroatoms. The van der Waals surface area contributed by atoms with Crippen molar-refractivity contribution in [3.8, 4) is 0 Å². The van der Waals surface area contributed by atoms with Crippen LogP contribution in [0.3, 0.4) is 0 Å². The van der Waals surface area contributed by atoms with Crippen LogP contribution in [0.1, 0.15) is 5.82 Å². The highest BCUT2D eigenvalue weighted by Crippen LogP contribution is 2.13. The SMILES string of the molecule is CNc1ccc2[nH]c(Cn3cc(N)cn3)nc2n1. The topological polar surface area (TPSA) is 97.4 Å². The molecule has 0 saturated carbocycles. The van der Waals surface area contributed by atoms with Gasteiger partial charge in [0, 0.05) is 13.2 Å². The number of hydrogen-bond acceptors (Lipinski definition) is 5. The molecule has 3 aromatic rings. The van der Waals surface area contributed by atoms with Crippen LogP contribution in [0, 0.1) is 0 Å². The number of H-pyrrole nitrogens is 1. The molecule has 0 fully saturated rings. The molecule has 0 amide bonds. The van der Waals surface area contributed by atoms with Gasteiger partial charge in [-0.15, -0.1) is 0 Å². The molecule has 92 valence electrons. The number of nitrogen functional groups attached to an aromatic ring is 1. The smallest absolute Gasteiger partial charge is 0.179 e. The lowest BCUT2D eigenvalue weighted by Gasteiger charge is -1.95. The molecule has 4 N–H and O–H groups in total. The van der Waals surface area contributed by atoms with Crippen molar-refractivity contribution in [2.45, 2.75) is 6.54 Å². The van der Waals surface area contributed by atoms with Gasteiger partial charge in [0.15, 0.2) is 5.65 Å². The van der Waals surface area contributed by atoms with Crippen molar-refractivity contribution in [2.24, 2.45) is 0 Å². The highest BCUT2D eigenvalue weighted by atomic mass is 15.3. The third-order valence-corrected chi connectivity index (χ3v) is 2.62. The molecule has 0 spiro atoms. The number of nitrogens with one attached hydrogen (secondary N) is 2. The number of fused-ring (bicyclic) bond motifs is 1. The monoisotopic (exact) mass is 243 g/mol. The molecule has 0 aliphatic heterocycles. The lowest BCUT2D eigenvalue weighted by molar-refractivity contribution is 0.663. The van der Waals surface area contributed by atoms with Crippen LogP contribution in [-0.2, 0) is 6.54 Å².